The van der Waals surface area contributed by atoms with E-state index in [1.807, 2.05) is 24.1 Å². The Hall–Kier alpha value is -1.06. The van der Waals surface area contributed by atoms with Gasteiger partial charge in [0.2, 0.25) is 0 Å². The first kappa shape index (κ1) is 11.4. The summed E-state index contributed by atoms with van der Waals surface area (Å²) < 4.78 is 0. The second-order valence-electron chi connectivity index (χ2n) is 4.18. The zero-order valence-corrected chi connectivity index (χ0v) is 10.2. The molecule has 1 aliphatic rings. The maximum atomic E-state index is 12.0. The largest absolute Gasteiger partial charge is 0.333 e. The summed E-state index contributed by atoms with van der Waals surface area (Å²) in [5.74, 6) is 0.0830. The number of likely N-dealkylation sites (N-methyl/N-ethyl adjacent to an activating group) is 1. The minimum Gasteiger partial charge on any atom is -0.333 e. The number of carbonyl (C=O) groups excluding carboxylic acids is 1. The summed E-state index contributed by atoms with van der Waals surface area (Å²) in [7, 11) is 1.90. The topological polar surface area (TPSA) is 32.3 Å². The first-order chi connectivity index (χ1) is 7.61. The second kappa shape index (κ2) is 4.44. The second-order valence-corrected chi connectivity index (χ2v) is 4.61. The van der Waals surface area contributed by atoms with Crippen LogP contribution in [0.15, 0.2) is 18.2 Å². The van der Waals surface area contributed by atoms with Gasteiger partial charge in [-0.1, -0.05) is 17.7 Å². The molecule has 1 heterocycles. The number of hydrogen-bond donors (Lipinski definition) is 1. The van der Waals surface area contributed by atoms with Gasteiger partial charge in [0, 0.05) is 29.7 Å². The van der Waals surface area contributed by atoms with Gasteiger partial charge < -0.3 is 10.2 Å². The Morgan fingerprint density at radius 2 is 2.31 bits per heavy atom. The normalized spacial score (nSPS) is 16.4. The molecule has 0 bridgehead atoms. The van der Waals surface area contributed by atoms with Crippen molar-refractivity contribution in [2.45, 2.75) is 19.5 Å². The zero-order valence-electron chi connectivity index (χ0n) is 9.46. The lowest BCUT2D eigenvalue weighted by Crippen LogP contribution is -2.37. The number of benzene rings is 1. The standard InChI is InChI=1S/C12H15ClN2O/c1-8(14-2)6-15-7-9-3-4-10(13)5-11(9)12(15)16/h3-5,8,14H,6-7H2,1-2H3. The van der Waals surface area contributed by atoms with Gasteiger partial charge in [-0.05, 0) is 31.7 Å². The lowest BCUT2D eigenvalue weighted by Gasteiger charge is -2.20. The van der Waals surface area contributed by atoms with Gasteiger partial charge >= 0.3 is 0 Å². The van der Waals surface area contributed by atoms with Crippen molar-refractivity contribution >= 4 is 17.5 Å². The zero-order chi connectivity index (χ0) is 11.7. The molecule has 2 rings (SSSR count). The van der Waals surface area contributed by atoms with Crippen LogP contribution >= 0.6 is 11.6 Å². The molecule has 16 heavy (non-hydrogen) atoms. The number of amides is 1. The molecule has 4 heteroatoms. The summed E-state index contributed by atoms with van der Waals surface area (Å²) in [6.07, 6.45) is 0. The number of hydrogen-bond acceptors (Lipinski definition) is 2. The van der Waals surface area contributed by atoms with Crippen LogP contribution < -0.4 is 5.32 Å². The molecular formula is C12H15ClN2O. The summed E-state index contributed by atoms with van der Waals surface area (Å²) in [6, 6.07) is 5.82. The van der Waals surface area contributed by atoms with E-state index >= 15 is 0 Å². The smallest absolute Gasteiger partial charge is 0.254 e. The van der Waals surface area contributed by atoms with Crippen molar-refractivity contribution in [1.82, 2.24) is 10.2 Å². The van der Waals surface area contributed by atoms with Crippen LogP contribution in [0.2, 0.25) is 5.02 Å². The van der Waals surface area contributed by atoms with Gasteiger partial charge in [0.25, 0.3) is 5.91 Å². The van der Waals surface area contributed by atoms with E-state index in [0.717, 1.165) is 17.7 Å². The molecule has 0 saturated carbocycles. The summed E-state index contributed by atoms with van der Waals surface area (Å²) in [5.41, 5.74) is 1.81. The van der Waals surface area contributed by atoms with E-state index in [9.17, 15) is 4.79 Å². The molecule has 1 unspecified atom stereocenters. The average molecular weight is 239 g/mol. The van der Waals surface area contributed by atoms with E-state index in [-0.39, 0.29) is 5.91 Å². The predicted molar refractivity (Wildman–Crippen MR) is 64.7 cm³/mol. The number of rotatable bonds is 3. The van der Waals surface area contributed by atoms with Crippen molar-refractivity contribution in [1.29, 1.82) is 0 Å². The maximum Gasteiger partial charge on any atom is 0.254 e. The van der Waals surface area contributed by atoms with E-state index in [1.165, 1.54) is 0 Å². The van der Waals surface area contributed by atoms with Crippen molar-refractivity contribution in [3.05, 3.63) is 34.3 Å². The molecule has 0 aromatic heterocycles. The third-order valence-electron chi connectivity index (χ3n) is 2.94. The van der Waals surface area contributed by atoms with Crippen molar-refractivity contribution in [2.75, 3.05) is 13.6 Å². The van der Waals surface area contributed by atoms with Gasteiger partial charge in [0.1, 0.15) is 0 Å². The average Bonchev–Trinajstić information content (AvgIpc) is 2.56. The quantitative estimate of drug-likeness (QED) is 0.873. The van der Waals surface area contributed by atoms with E-state index in [1.54, 1.807) is 6.07 Å². The van der Waals surface area contributed by atoms with E-state index in [0.29, 0.717) is 17.6 Å². The predicted octanol–water partition coefficient (Wildman–Crippen LogP) is 1.90. The van der Waals surface area contributed by atoms with E-state index in [4.69, 9.17) is 11.6 Å². The maximum absolute atomic E-state index is 12.0. The Morgan fingerprint density at radius 3 is 3.00 bits per heavy atom. The SMILES string of the molecule is CNC(C)CN1Cc2ccc(Cl)cc2C1=O. The number of halogens is 1. The fourth-order valence-electron chi connectivity index (χ4n) is 1.90. The molecule has 0 radical (unpaired) electrons. The highest BCUT2D eigenvalue weighted by atomic mass is 35.5. The minimum atomic E-state index is 0.0830. The van der Waals surface area contributed by atoms with Crippen LogP contribution in [0.3, 0.4) is 0 Å². The van der Waals surface area contributed by atoms with Crippen LogP contribution in [0.4, 0.5) is 0 Å². The third-order valence-corrected chi connectivity index (χ3v) is 3.17. The monoisotopic (exact) mass is 238 g/mol. The molecule has 0 fully saturated rings. The molecule has 1 N–H and O–H groups in total. The first-order valence-corrected chi connectivity index (χ1v) is 5.74. The van der Waals surface area contributed by atoms with Gasteiger partial charge in [-0.15, -0.1) is 0 Å². The van der Waals surface area contributed by atoms with E-state index in [2.05, 4.69) is 12.2 Å². The highest BCUT2D eigenvalue weighted by Crippen LogP contribution is 2.25. The Bertz CT molecular complexity index is 419. The molecule has 1 atom stereocenters. The molecule has 0 spiro atoms. The fraction of sp³-hybridized carbons (Fsp3) is 0.417. The lowest BCUT2D eigenvalue weighted by molar-refractivity contribution is 0.0766. The molecule has 0 saturated heterocycles. The summed E-state index contributed by atoms with van der Waals surface area (Å²) in [6.45, 7) is 3.47. The van der Waals surface area contributed by atoms with E-state index < -0.39 is 0 Å². The summed E-state index contributed by atoms with van der Waals surface area (Å²) >= 11 is 5.89. The Balaban J connectivity index is 2.18. The number of carbonyl (C=O) groups is 1. The Morgan fingerprint density at radius 1 is 1.56 bits per heavy atom. The fourth-order valence-corrected chi connectivity index (χ4v) is 2.07. The van der Waals surface area contributed by atoms with Crippen LogP contribution in [0.25, 0.3) is 0 Å². The van der Waals surface area contributed by atoms with Crippen molar-refractivity contribution < 1.29 is 4.79 Å². The summed E-state index contributed by atoms with van der Waals surface area (Å²) in [5, 5.41) is 3.75. The van der Waals surface area contributed by atoms with Crippen LogP contribution in [0, 0.1) is 0 Å². The molecular weight excluding hydrogens is 224 g/mol. The van der Waals surface area contributed by atoms with Gasteiger partial charge in [-0.3, -0.25) is 4.79 Å². The first-order valence-electron chi connectivity index (χ1n) is 5.37. The molecule has 1 amide bonds. The van der Waals surface area contributed by atoms with Gasteiger partial charge in [0.15, 0.2) is 0 Å². The van der Waals surface area contributed by atoms with Gasteiger partial charge in [-0.2, -0.15) is 0 Å². The molecule has 0 aliphatic carbocycles. The highest BCUT2D eigenvalue weighted by Gasteiger charge is 2.27. The third kappa shape index (κ3) is 2.06. The molecule has 1 aliphatic heterocycles. The Kier molecular flexibility index (Phi) is 3.17. The van der Waals surface area contributed by atoms with Crippen molar-refractivity contribution in [2.24, 2.45) is 0 Å². The number of nitrogens with zero attached hydrogens (tertiary/aromatic N) is 1. The molecule has 1 aromatic carbocycles. The lowest BCUT2D eigenvalue weighted by atomic mass is 10.1. The highest BCUT2D eigenvalue weighted by molar-refractivity contribution is 6.31. The van der Waals surface area contributed by atoms with Crippen LogP contribution in [0.1, 0.15) is 22.8 Å². The van der Waals surface area contributed by atoms with Gasteiger partial charge in [-0.25, -0.2) is 0 Å². The van der Waals surface area contributed by atoms with Gasteiger partial charge in [0.05, 0.1) is 0 Å². The minimum absolute atomic E-state index is 0.0830. The van der Waals surface area contributed by atoms with Crippen molar-refractivity contribution in [3.63, 3.8) is 0 Å². The molecule has 86 valence electrons. The molecule has 3 nitrogen and oxygen atoms in total. The molecule has 1 aromatic rings. The van der Waals surface area contributed by atoms with Crippen LogP contribution in [-0.4, -0.2) is 30.4 Å². The summed E-state index contributed by atoms with van der Waals surface area (Å²) in [4.78, 5) is 13.9. The number of fused-ring (bicyclic) bond motifs is 1. The van der Waals surface area contributed by atoms with Crippen LogP contribution in [-0.2, 0) is 6.54 Å². The van der Waals surface area contributed by atoms with Crippen LogP contribution in [0.5, 0.6) is 0 Å². The van der Waals surface area contributed by atoms with Crippen molar-refractivity contribution in [3.8, 4) is 0 Å². The number of nitrogens with one attached hydrogen (secondary N) is 1. The Labute approximate surface area is 100 Å².